The zero-order valence-electron chi connectivity index (χ0n) is 16.7. The third kappa shape index (κ3) is 4.16. The number of amides is 1. The van der Waals surface area contributed by atoms with E-state index >= 15 is 0 Å². The fourth-order valence-electron chi connectivity index (χ4n) is 3.86. The molecule has 4 rings (SSSR count). The lowest BCUT2D eigenvalue weighted by molar-refractivity contribution is 0.100. The molecule has 5 N–H and O–H groups in total. The van der Waals surface area contributed by atoms with Crippen molar-refractivity contribution in [3.63, 3.8) is 0 Å². The van der Waals surface area contributed by atoms with Crippen LogP contribution >= 0.6 is 0 Å². The van der Waals surface area contributed by atoms with Crippen molar-refractivity contribution < 1.29 is 9.18 Å². The Morgan fingerprint density at radius 2 is 1.93 bits per heavy atom. The van der Waals surface area contributed by atoms with E-state index in [1.54, 1.807) is 24.5 Å². The Morgan fingerprint density at radius 1 is 1.13 bits per heavy atom. The van der Waals surface area contributed by atoms with E-state index in [0.717, 1.165) is 37.3 Å². The maximum absolute atomic E-state index is 14.7. The van der Waals surface area contributed by atoms with Crippen molar-refractivity contribution in [2.75, 3.05) is 17.7 Å². The SMILES string of the molecule is CNC1CCCCC1Nc1nc(Nc2cnc3cccnc3c2)c(C(N)=O)cc1F. The summed E-state index contributed by atoms with van der Waals surface area (Å²) in [6.07, 6.45) is 7.39. The summed E-state index contributed by atoms with van der Waals surface area (Å²) < 4.78 is 14.7. The predicted molar refractivity (Wildman–Crippen MR) is 114 cm³/mol. The number of rotatable bonds is 6. The summed E-state index contributed by atoms with van der Waals surface area (Å²) in [7, 11) is 1.90. The Bertz CT molecular complexity index is 1070. The number of hydrogen-bond donors (Lipinski definition) is 4. The minimum atomic E-state index is -0.770. The fraction of sp³-hybridized carbons (Fsp3) is 0.333. The number of carbonyl (C=O) groups is 1. The van der Waals surface area contributed by atoms with Gasteiger partial charge in [0.15, 0.2) is 11.6 Å². The number of carbonyl (C=O) groups excluding carboxylic acids is 1. The number of likely N-dealkylation sites (N-methyl/N-ethyl adjacent to an activating group) is 1. The highest BCUT2D eigenvalue weighted by Crippen LogP contribution is 2.27. The summed E-state index contributed by atoms with van der Waals surface area (Å²) in [5, 5.41) is 9.52. The normalized spacial score (nSPS) is 18.9. The van der Waals surface area contributed by atoms with Crippen molar-refractivity contribution in [3.8, 4) is 0 Å². The van der Waals surface area contributed by atoms with Crippen LogP contribution in [0.15, 0.2) is 36.7 Å². The molecule has 2 unspecified atom stereocenters. The van der Waals surface area contributed by atoms with E-state index in [2.05, 4.69) is 30.9 Å². The van der Waals surface area contributed by atoms with E-state index < -0.39 is 11.7 Å². The summed E-state index contributed by atoms with van der Waals surface area (Å²) in [6.45, 7) is 0. The van der Waals surface area contributed by atoms with Gasteiger partial charge in [0.05, 0.1) is 28.5 Å². The van der Waals surface area contributed by atoms with Crippen LogP contribution in [0.2, 0.25) is 0 Å². The molecule has 1 amide bonds. The lowest BCUT2D eigenvalue weighted by Gasteiger charge is -2.32. The standard InChI is InChI=1S/C21H24FN7O/c1-24-15-5-2-3-6-17(15)28-21-14(22)10-13(19(23)30)20(29-21)27-12-9-18-16(26-11-12)7-4-8-25-18/h4,7-11,15,17,24H,2-3,5-6H2,1H3,(H2,23,30)(H2,27,28,29). The largest absolute Gasteiger partial charge is 0.365 e. The molecule has 0 spiro atoms. The first-order valence-electron chi connectivity index (χ1n) is 9.97. The number of anilines is 3. The summed E-state index contributed by atoms with van der Waals surface area (Å²) in [5.74, 6) is -1.14. The number of pyridine rings is 3. The number of nitrogens with two attached hydrogens (primary N) is 1. The first kappa shape index (κ1) is 20.0. The highest BCUT2D eigenvalue weighted by atomic mass is 19.1. The number of halogens is 1. The first-order valence-corrected chi connectivity index (χ1v) is 9.97. The summed E-state index contributed by atoms with van der Waals surface area (Å²) >= 11 is 0. The third-order valence-corrected chi connectivity index (χ3v) is 5.41. The maximum Gasteiger partial charge on any atom is 0.252 e. The van der Waals surface area contributed by atoms with Crippen LogP contribution in [0.1, 0.15) is 36.0 Å². The lowest BCUT2D eigenvalue weighted by atomic mass is 9.90. The summed E-state index contributed by atoms with van der Waals surface area (Å²) in [6, 6.07) is 6.82. The van der Waals surface area contributed by atoms with Crippen molar-refractivity contribution >= 4 is 34.3 Å². The van der Waals surface area contributed by atoms with E-state index in [-0.39, 0.29) is 29.3 Å². The van der Waals surface area contributed by atoms with Crippen LogP contribution in [-0.2, 0) is 0 Å². The van der Waals surface area contributed by atoms with Gasteiger partial charge in [0, 0.05) is 18.3 Å². The van der Waals surface area contributed by atoms with Crippen molar-refractivity contribution in [2.24, 2.45) is 5.73 Å². The van der Waals surface area contributed by atoms with Crippen LogP contribution in [0.3, 0.4) is 0 Å². The molecule has 0 bridgehead atoms. The number of fused-ring (bicyclic) bond motifs is 1. The van der Waals surface area contributed by atoms with Gasteiger partial charge < -0.3 is 21.7 Å². The molecule has 0 saturated heterocycles. The van der Waals surface area contributed by atoms with E-state index in [9.17, 15) is 9.18 Å². The molecule has 3 aromatic rings. The van der Waals surface area contributed by atoms with Crippen LogP contribution in [0.25, 0.3) is 11.0 Å². The van der Waals surface area contributed by atoms with E-state index in [0.29, 0.717) is 11.2 Å². The van der Waals surface area contributed by atoms with Crippen molar-refractivity contribution in [1.29, 1.82) is 0 Å². The monoisotopic (exact) mass is 409 g/mol. The number of primary amides is 1. The zero-order valence-corrected chi connectivity index (χ0v) is 16.7. The molecule has 3 aromatic heterocycles. The zero-order chi connectivity index (χ0) is 21.1. The molecular weight excluding hydrogens is 385 g/mol. The molecule has 3 heterocycles. The van der Waals surface area contributed by atoms with Gasteiger partial charge in [-0.05, 0) is 44.2 Å². The van der Waals surface area contributed by atoms with Gasteiger partial charge in [0.1, 0.15) is 5.82 Å². The average Bonchev–Trinajstić information content (AvgIpc) is 2.76. The molecule has 0 aromatic carbocycles. The highest BCUT2D eigenvalue weighted by Gasteiger charge is 2.26. The average molecular weight is 409 g/mol. The molecule has 1 fully saturated rings. The number of nitrogens with one attached hydrogen (secondary N) is 3. The van der Waals surface area contributed by atoms with E-state index in [1.807, 2.05) is 13.1 Å². The summed E-state index contributed by atoms with van der Waals surface area (Å²) in [5.41, 5.74) is 7.42. The Morgan fingerprint density at radius 3 is 2.70 bits per heavy atom. The summed E-state index contributed by atoms with van der Waals surface area (Å²) in [4.78, 5) is 24.9. The first-order chi connectivity index (χ1) is 14.5. The number of nitrogens with zero attached hydrogens (tertiary/aromatic N) is 3. The second kappa shape index (κ2) is 8.58. The van der Waals surface area contributed by atoms with Crippen molar-refractivity contribution in [2.45, 2.75) is 37.8 Å². The predicted octanol–water partition coefficient (Wildman–Crippen LogP) is 2.95. The van der Waals surface area contributed by atoms with Gasteiger partial charge in [-0.25, -0.2) is 9.37 Å². The Kier molecular flexibility index (Phi) is 5.71. The Labute approximate surface area is 173 Å². The van der Waals surface area contributed by atoms with Gasteiger partial charge in [-0.3, -0.25) is 14.8 Å². The second-order valence-electron chi connectivity index (χ2n) is 7.40. The van der Waals surface area contributed by atoms with Crippen LogP contribution in [-0.4, -0.2) is 40.0 Å². The minimum Gasteiger partial charge on any atom is -0.365 e. The smallest absolute Gasteiger partial charge is 0.252 e. The van der Waals surface area contributed by atoms with Crippen LogP contribution in [0, 0.1) is 5.82 Å². The number of hydrogen-bond acceptors (Lipinski definition) is 7. The van der Waals surface area contributed by atoms with Crippen molar-refractivity contribution in [3.05, 3.63) is 48.0 Å². The van der Waals surface area contributed by atoms with Crippen LogP contribution in [0.4, 0.5) is 21.7 Å². The van der Waals surface area contributed by atoms with Crippen molar-refractivity contribution in [1.82, 2.24) is 20.3 Å². The molecule has 30 heavy (non-hydrogen) atoms. The van der Waals surface area contributed by atoms with Gasteiger partial charge in [-0.1, -0.05) is 12.8 Å². The lowest BCUT2D eigenvalue weighted by Crippen LogP contribution is -2.45. The van der Waals surface area contributed by atoms with Gasteiger partial charge in [-0.15, -0.1) is 0 Å². The molecular formula is C21H24FN7O. The van der Waals surface area contributed by atoms with E-state index in [1.165, 1.54) is 0 Å². The molecule has 8 nitrogen and oxygen atoms in total. The molecule has 1 aliphatic carbocycles. The second-order valence-corrected chi connectivity index (χ2v) is 7.40. The maximum atomic E-state index is 14.7. The third-order valence-electron chi connectivity index (χ3n) is 5.41. The van der Waals surface area contributed by atoms with Gasteiger partial charge >= 0.3 is 0 Å². The van der Waals surface area contributed by atoms with Crippen LogP contribution in [0.5, 0.6) is 0 Å². The highest BCUT2D eigenvalue weighted by molar-refractivity contribution is 5.98. The van der Waals surface area contributed by atoms with Gasteiger partial charge in [0.2, 0.25) is 0 Å². The molecule has 9 heteroatoms. The topological polar surface area (TPSA) is 118 Å². The molecule has 156 valence electrons. The molecule has 2 atom stereocenters. The quantitative estimate of drug-likeness (QED) is 0.494. The molecule has 1 aliphatic rings. The molecule has 0 radical (unpaired) electrons. The molecule has 1 saturated carbocycles. The van der Waals surface area contributed by atoms with E-state index in [4.69, 9.17) is 5.73 Å². The van der Waals surface area contributed by atoms with Crippen LogP contribution < -0.4 is 21.7 Å². The van der Waals surface area contributed by atoms with Gasteiger partial charge in [-0.2, -0.15) is 0 Å². The number of aromatic nitrogens is 3. The minimum absolute atomic E-state index is 0.0343. The fourth-order valence-corrected chi connectivity index (χ4v) is 3.86. The van der Waals surface area contributed by atoms with Gasteiger partial charge in [0.25, 0.3) is 5.91 Å². The Hall–Kier alpha value is -3.33. The Balaban J connectivity index is 1.66. The molecule has 0 aliphatic heterocycles.